The zero-order valence-corrected chi connectivity index (χ0v) is 11.4. The SMILES string of the molecule is CCCNC(=O)CCNCC(=O)NC(C)(C)C. The minimum absolute atomic E-state index is 0.0237. The van der Waals surface area contributed by atoms with Crippen LogP contribution in [0.2, 0.25) is 0 Å². The molecule has 0 aliphatic rings. The van der Waals surface area contributed by atoms with E-state index in [1.54, 1.807) is 0 Å². The lowest BCUT2D eigenvalue weighted by Gasteiger charge is -2.20. The number of hydrogen-bond donors (Lipinski definition) is 3. The molecule has 0 atom stereocenters. The number of hydrogen-bond acceptors (Lipinski definition) is 3. The minimum atomic E-state index is -0.211. The van der Waals surface area contributed by atoms with Crippen LogP contribution in [0.3, 0.4) is 0 Å². The maximum absolute atomic E-state index is 11.4. The first kappa shape index (κ1) is 15.9. The van der Waals surface area contributed by atoms with E-state index in [0.717, 1.165) is 6.42 Å². The van der Waals surface area contributed by atoms with Crippen molar-refractivity contribution in [3.8, 4) is 0 Å². The van der Waals surface area contributed by atoms with Gasteiger partial charge in [0.15, 0.2) is 0 Å². The summed E-state index contributed by atoms with van der Waals surface area (Å²) in [6, 6.07) is 0. The normalized spacial score (nSPS) is 11.1. The molecule has 100 valence electrons. The Morgan fingerprint density at radius 2 is 1.71 bits per heavy atom. The van der Waals surface area contributed by atoms with Crippen molar-refractivity contribution < 1.29 is 9.59 Å². The molecular formula is C12H25N3O2. The number of amides is 2. The molecule has 0 saturated heterocycles. The molecule has 0 heterocycles. The van der Waals surface area contributed by atoms with Crippen molar-refractivity contribution in [2.75, 3.05) is 19.6 Å². The summed E-state index contributed by atoms with van der Waals surface area (Å²) in [5, 5.41) is 8.56. The highest BCUT2D eigenvalue weighted by atomic mass is 16.2. The fraction of sp³-hybridized carbons (Fsp3) is 0.833. The van der Waals surface area contributed by atoms with E-state index in [1.165, 1.54) is 0 Å². The van der Waals surface area contributed by atoms with Crippen molar-refractivity contribution in [1.82, 2.24) is 16.0 Å². The molecule has 5 heteroatoms. The fourth-order valence-corrected chi connectivity index (χ4v) is 1.22. The highest BCUT2D eigenvalue weighted by molar-refractivity contribution is 5.79. The third-order valence-corrected chi connectivity index (χ3v) is 1.90. The van der Waals surface area contributed by atoms with Crippen LogP contribution in [-0.2, 0) is 9.59 Å². The quantitative estimate of drug-likeness (QED) is 0.567. The van der Waals surface area contributed by atoms with Gasteiger partial charge in [0.05, 0.1) is 6.54 Å². The second-order valence-electron chi connectivity index (χ2n) is 5.07. The third kappa shape index (κ3) is 11.2. The van der Waals surface area contributed by atoms with Crippen LogP contribution < -0.4 is 16.0 Å². The molecule has 2 amide bonds. The summed E-state index contributed by atoms with van der Waals surface area (Å²) in [5.74, 6) is -0.0259. The van der Waals surface area contributed by atoms with Gasteiger partial charge in [0.25, 0.3) is 0 Å². The van der Waals surface area contributed by atoms with Crippen LogP contribution in [0.5, 0.6) is 0 Å². The van der Waals surface area contributed by atoms with E-state index in [4.69, 9.17) is 0 Å². The molecule has 3 N–H and O–H groups in total. The van der Waals surface area contributed by atoms with Gasteiger partial charge in [-0.05, 0) is 27.2 Å². The molecule has 0 aliphatic carbocycles. The van der Waals surface area contributed by atoms with Crippen molar-refractivity contribution in [1.29, 1.82) is 0 Å². The first-order chi connectivity index (χ1) is 7.85. The molecule has 0 aromatic rings. The van der Waals surface area contributed by atoms with Crippen LogP contribution in [0.15, 0.2) is 0 Å². The predicted molar refractivity (Wildman–Crippen MR) is 68.7 cm³/mol. The zero-order valence-electron chi connectivity index (χ0n) is 11.4. The van der Waals surface area contributed by atoms with Gasteiger partial charge in [0, 0.05) is 25.0 Å². The smallest absolute Gasteiger partial charge is 0.234 e. The zero-order chi connectivity index (χ0) is 13.3. The van der Waals surface area contributed by atoms with Crippen LogP contribution in [0.4, 0.5) is 0 Å². The topological polar surface area (TPSA) is 70.2 Å². The number of rotatable bonds is 7. The molecule has 0 bridgehead atoms. The Morgan fingerprint density at radius 3 is 2.24 bits per heavy atom. The monoisotopic (exact) mass is 243 g/mol. The molecule has 0 radical (unpaired) electrons. The maximum Gasteiger partial charge on any atom is 0.234 e. The predicted octanol–water partition coefficient (Wildman–Crippen LogP) is 0.407. The van der Waals surface area contributed by atoms with E-state index in [9.17, 15) is 9.59 Å². The van der Waals surface area contributed by atoms with Crippen LogP contribution in [0.1, 0.15) is 40.5 Å². The summed E-state index contributed by atoms with van der Waals surface area (Å²) in [4.78, 5) is 22.6. The number of nitrogens with one attached hydrogen (secondary N) is 3. The van der Waals surface area contributed by atoms with Gasteiger partial charge in [-0.1, -0.05) is 6.92 Å². The van der Waals surface area contributed by atoms with E-state index in [2.05, 4.69) is 16.0 Å². The lowest BCUT2D eigenvalue weighted by atomic mass is 10.1. The highest BCUT2D eigenvalue weighted by Crippen LogP contribution is 1.96. The Kier molecular flexibility index (Phi) is 7.54. The van der Waals surface area contributed by atoms with Gasteiger partial charge < -0.3 is 16.0 Å². The van der Waals surface area contributed by atoms with Crippen LogP contribution in [0, 0.1) is 0 Å². The summed E-state index contributed by atoms with van der Waals surface area (Å²) in [5.41, 5.74) is -0.211. The van der Waals surface area contributed by atoms with Crippen LogP contribution in [-0.4, -0.2) is 37.0 Å². The van der Waals surface area contributed by atoms with Crippen molar-refractivity contribution >= 4 is 11.8 Å². The molecule has 0 rings (SSSR count). The van der Waals surface area contributed by atoms with E-state index < -0.39 is 0 Å². The second kappa shape index (κ2) is 8.06. The Balaban J connectivity index is 3.51. The molecule has 0 aromatic carbocycles. The molecular weight excluding hydrogens is 218 g/mol. The molecule has 0 spiro atoms. The number of carbonyl (C=O) groups is 2. The summed E-state index contributed by atoms with van der Waals surface area (Å²) in [6.45, 7) is 9.29. The summed E-state index contributed by atoms with van der Waals surface area (Å²) < 4.78 is 0. The molecule has 0 fully saturated rings. The minimum Gasteiger partial charge on any atom is -0.356 e. The summed E-state index contributed by atoms with van der Waals surface area (Å²) in [7, 11) is 0. The van der Waals surface area contributed by atoms with Gasteiger partial charge >= 0.3 is 0 Å². The Hall–Kier alpha value is -1.10. The lowest BCUT2D eigenvalue weighted by molar-refractivity contribution is -0.123. The Morgan fingerprint density at radius 1 is 1.06 bits per heavy atom. The van der Waals surface area contributed by atoms with E-state index in [-0.39, 0.29) is 23.9 Å². The van der Waals surface area contributed by atoms with Gasteiger partial charge in [0.1, 0.15) is 0 Å². The van der Waals surface area contributed by atoms with Crippen molar-refractivity contribution in [3.05, 3.63) is 0 Å². The highest BCUT2D eigenvalue weighted by Gasteiger charge is 2.12. The van der Waals surface area contributed by atoms with Crippen LogP contribution >= 0.6 is 0 Å². The second-order valence-corrected chi connectivity index (χ2v) is 5.07. The first-order valence-corrected chi connectivity index (χ1v) is 6.13. The van der Waals surface area contributed by atoms with Gasteiger partial charge in [-0.25, -0.2) is 0 Å². The summed E-state index contributed by atoms with van der Waals surface area (Å²) >= 11 is 0. The Bertz CT molecular complexity index is 247. The standard InChI is InChI=1S/C12H25N3O2/c1-5-7-14-10(16)6-8-13-9-11(17)15-12(2,3)4/h13H,5-9H2,1-4H3,(H,14,16)(H,15,17). The van der Waals surface area contributed by atoms with E-state index in [0.29, 0.717) is 19.5 Å². The van der Waals surface area contributed by atoms with Gasteiger partial charge in [-0.2, -0.15) is 0 Å². The molecule has 5 nitrogen and oxygen atoms in total. The lowest BCUT2D eigenvalue weighted by Crippen LogP contribution is -2.45. The Labute approximate surface area is 104 Å². The molecule has 0 unspecified atom stereocenters. The first-order valence-electron chi connectivity index (χ1n) is 6.13. The average Bonchev–Trinajstić information content (AvgIpc) is 2.19. The molecule has 0 aliphatic heterocycles. The van der Waals surface area contributed by atoms with Crippen molar-refractivity contribution in [2.24, 2.45) is 0 Å². The van der Waals surface area contributed by atoms with Crippen LogP contribution in [0.25, 0.3) is 0 Å². The van der Waals surface area contributed by atoms with E-state index in [1.807, 2.05) is 27.7 Å². The molecule has 0 saturated carbocycles. The van der Waals surface area contributed by atoms with Gasteiger partial charge in [0.2, 0.25) is 11.8 Å². The average molecular weight is 243 g/mol. The summed E-state index contributed by atoms with van der Waals surface area (Å²) in [6.07, 6.45) is 1.34. The maximum atomic E-state index is 11.4. The van der Waals surface area contributed by atoms with E-state index >= 15 is 0 Å². The third-order valence-electron chi connectivity index (χ3n) is 1.90. The molecule has 17 heavy (non-hydrogen) atoms. The van der Waals surface area contributed by atoms with Gasteiger partial charge in [-0.15, -0.1) is 0 Å². The number of carbonyl (C=O) groups excluding carboxylic acids is 2. The van der Waals surface area contributed by atoms with Crippen molar-refractivity contribution in [3.63, 3.8) is 0 Å². The largest absolute Gasteiger partial charge is 0.356 e. The van der Waals surface area contributed by atoms with Gasteiger partial charge in [-0.3, -0.25) is 9.59 Å². The molecule has 0 aromatic heterocycles. The van der Waals surface area contributed by atoms with Crippen molar-refractivity contribution in [2.45, 2.75) is 46.1 Å². The fourth-order valence-electron chi connectivity index (χ4n) is 1.22.